The first-order valence-corrected chi connectivity index (χ1v) is 5.41. The Labute approximate surface area is 92.8 Å². The molecule has 0 heterocycles. The van der Waals surface area contributed by atoms with Crippen molar-refractivity contribution in [2.24, 2.45) is 0 Å². The zero-order valence-corrected chi connectivity index (χ0v) is 9.75. The van der Waals surface area contributed by atoms with Gasteiger partial charge in [-0.2, -0.15) is 0 Å². The van der Waals surface area contributed by atoms with Crippen molar-refractivity contribution in [1.82, 2.24) is 5.32 Å². The van der Waals surface area contributed by atoms with Crippen LogP contribution < -0.4 is 5.32 Å². The Hall–Kier alpha value is -1.31. The van der Waals surface area contributed by atoms with E-state index in [1.54, 1.807) is 7.05 Å². The molecule has 0 spiro atoms. The summed E-state index contributed by atoms with van der Waals surface area (Å²) < 4.78 is 0. The minimum Gasteiger partial charge on any atom is -0.359 e. The summed E-state index contributed by atoms with van der Waals surface area (Å²) in [6, 6.07) is 0. The normalized spacial score (nSPS) is 11.7. The quantitative estimate of drug-likeness (QED) is 0.504. The summed E-state index contributed by atoms with van der Waals surface area (Å²) in [5.74, 6) is 0.0931. The van der Waals surface area contributed by atoms with E-state index in [4.69, 9.17) is 0 Å². The molecular formula is C13H21NO. The van der Waals surface area contributed by atoms with E-state index >= 15 is 0 Å². The van der Waals surface area contributed by atoms with Crippen LogP contribution in [-0.4, -0.2) is 13.0 Å². The van der Waals surface area contributed by atoms with Gasteiger partial charge in [-0.3, -0.25) is 4.79 Å². The smallest absolute Gasteiger partial charge is 0.220 e. The van der Waals surface area contributed by atoms with Gasteiger partial charge in [-0.15, -0.1) is 0 Å². The molecule has 0 aliphatic heterocycles. The second-order valence-corrected chi connectivity index (χ2v) is 3.26. The van der Waals surface area contributed by atoms with Crippen molar-refractivity contribution in [2.45, 2.75) is 32.6 Å². The summed E-state index contributed by atoms with van der Waals surface area (Å²) in [6.45, 7) is 5.85. The van der Waals surface area contributed by atoms with Gasteiger partial charge in [0.15, 0.2) is 0 Å². The van der Waals surface area contributed by atoms with Crippen LogP contribution in [0.1, 0.15) is 32.6 Å². The maximum atomic E-state index is 10.9. The van der Waals surface area contributed by atoms with Crippen molar-refractivity contribution in [3.63, 3.8) is 0 Å². The Morgan fingerprint density at radius 3 is 2.67 bits per heavy atom. The van der Waals surface area contributed by atoms with E-state index in [0.29, 0.717) is 6.42 Å². The Balaban J connectivity index is 3.67. The van der Waals surface area contributed by atoms with Crippen molar-refractivity contribution < 1.29 is 4.79 Å². The van der Waals surface area contributed by atoms with E-state index in [1.807, 2.05) is 12.2 Å². The van der Waals surface area contributed by atoms with E-state index in [1.165, 1.54) is 5.57 Å². The summed E-state index contributed by atoms with van der Waals surface area (Å²) in [6.07, 6.45) is 11.5. The Morgan fingerprint density at radius 1 is 1.40 bits per heavy atom. The van der Waals surface area contributed by atoms with Gasteiger partial charge in [0.2, 0.25) is 5.91 Å². The molecule has 0 saturated carbocycles. The zero-order chi connectivity index (χ0) is 11.5. The summed E-state index contributed by atoms with van der Waals surface area (Å²) >= 11 is 0. The van der Waals surface area contributed by atoms with Gasteiger partial charge >= 0.3 is 0 Å². The molecule has 0 aromatic rings. The molecule has 1 amide bonds. The topological polar surface area (TPSA) is 29.1 Å². The maximum absolute atomic E-state index is 10.9. The molecular weight excluding hydrogens is 186 g/mol. The van der Waals surface area contributed by atoms with Crippen LogP contribution in [0.3, 0.4) is 0 Å². The van der Waals surface area contributed by atoms with Gasteiger partial charge in [-0.1, -0.05) is 43.4 Å². The lowest BCUT2D eigenvalue weighted by Crippen LogP contribution is -2.16. The lowest BCUT2D eigenvalue weighted by Gasteiger charge is -1.95. The first-order valence-electron chi connectivity index (χ1n) is 5.41. The van der Waals surface area contributed by atoms with Crippen LogP contribution in [0.4, 0.5) is 0 Å². The standard InChI is InChI=1S/C13H21NO/c1-4-12(5-2)10-8-6-7-9-11-13(15)14-3/h4,6-7,10H,1,5,8-9,11H2,2-3H3,(H,14,15)/b7-6-,12-10-. The van der Waals surface area contributed by atoms with E-state index < -0.39 is 0 Å². The number of hydrogen-bond acceptors (Lipinski definition) is 1. The van der Waals surface area contributed by atoms with Crippen LogP contribution in [0.25, 0.3) is 0 Å². The van der Waals surface area contributed by atoms with Crippen LogP contribution in [0.2, 0.25) is 0 Å². The fourth-order valence-corrected chi connectivity index (χ4v) is 1.14. The van der Waals surface area contributed by atoms with Crippen molar-refractivity contribution in [1.29, 1.82) is 0 Å². The third kappa shape index (κ3) is 7.74. The Kier molecular flexibility index (Phi) is 8.44. The second kappa shape index (κ2) is 9.25. The van der Waals surface area contributed by atoms with Crippen LogP contribution in [0.5, 0.6) is 0 Å². The fourth-order valence-electron chi connectivity index (χ4n) is 1.14. The first-order chi connectivity index (χ1) is 7.24. The first kappa shape index (κ1) is 13.7. The number of hydrogen-bond donors (Lipinski definition) is 1. The highest BCUT2D eigenvalue weighted by Crippen LogP contribution is 2.03. The van der Waals surface area contributed by atoms with Gasteiger partial charge in [0.25, 0.3) is 0 Å². The van der Waals surface area contributed by atoms with Crippen LogP contribution >= 0.6 is 0 Å². The molecule has 84 valence electrons. The molecule has 0 aromatic carbocycles. The number of nitrogens with one attached hydrogen (secondary N) is 1. The van der Waals surface area contributed by atoms with Crippen molar-refractivity contribution in [3.05, 3.63) is 36.5 Å². The molecule has 0 aliphatic carbocycles. The third-order valence-corrected chi connectivity index (χ3v) is 2.17. The Morgan fingerprint density at radius 2 is 2.13 bits per heavy atom. The number of allylic oxidation sites excluding steroid dienone is 5. The van der Waals surface area contributed by atoms with Gasteiger partial charge in [0.1, 0.15) is 0 Å². The number of rotatable bonds is 7. The fraction of sp³-hybridized carbons (Fsp3) is 0.462. The molecule has 2 heteroatoms. The van der Waals surface area contributed by atoms with E-state index in [2.05, 4.69) is 31.0 Å². The zero-order valence-electron chi connectivity index (χ0n) is 9.75. The van der Waals surface area contributed by atoms with Gasteiger partial charge < -0.3 is 5.32 Å². The number of carbonyl (C=O) groups excluding carboxylic acids is 1. The van der Waals surface area contributed by atoms with Crippen LogP contribution in [-0.2, 0) is 4.79 Å². The van der Waals surface area contributed by atoms with Gasteiger partial charge in [-0.25, -0.2) is 0 Å². The highest BCUT2D eigenvalue weighted by Gasteiger charge is 1.92. The minimum absolute atomic E-state index is 0.0931. The molecule has 0 rings (SSSR count). The molecule has 0 radical (unpaired) electrons. The molecule has 15 heavy (non-hydrogen) atoms. The SMILES string of the molecule is C=C/C(=C/C/C=C\CCC(=O)NC)CC. The van der Waals surface area contributed by atoms with E-state index in [-0.39, 0.29) is 5.91 Å². The Bertz CT molecular complexity index is 251. The third-order valence-electron chi connectivity index (χ3n) is 2.17. The van der Waals surface area contributed by atoms with Gasteiger partial charge in [0, 0.05) is 13.5 Å². The average Bonchev–Trinajstić information content (AvgIpc) is 2.28. The van der Waals surface area contributed by atoms with Crippen molar-refractivity contribution >= 4 is 5.91 Å². The van der Waals surface area contributed by atoms with Crippen molar-refractivity contribution in [3.8, 4) is 0 Å². The lowest BCUT2D eigenvalue weighted by molar-refractivity contribution is -0.120. The lowest BCUT2D eigenvalue weighted by atomic mass is 10.1. The van der Waals surface area contributed by atoms with Crippen LogP contribution in [0.15, 0.2) is 36.5 Å². The van der Waals surface area contributed by atoms with Gasteiger partial charge in [-0.05, 0) is 19.3 Å². The van der Waals surface area contributed by atoms with E-state index in [0.717, 1.165) is 19.3 Å². The second-order valence-electron chi connectivity index (χ2n) is 3.26. The summed E-state index contributed by atoms with van der Waals surface area (Å²) in [5, 5.41) is 2.59. The molecule has 0 aromatic heterocycles. The molecule has 0 bridgehead atoms. The summed E-state index contributed by atoms with van der Waals surface area (Å²) in [5.41, 5.74) is 1.27. The number of amides is 1. The summed E-state index contributed by atoms with van der Waals surface area (Å²) in [4.78, 5) is 10.9. The monoisotopic (exact) mass is 207 g/mol. The molecule has 0 aliphatic rings. The summed E-state index contributed by atoms with van der Waals surface area (Å²) in [7, 11) is 1.66. The molecule has 0 unspecified atom stereocenters. The molecule has 2 nitrogen and oxygen atoms in total. The molecule has 1 N–H and O–H groups in total. The minimum atomic E-state index is 0.0931. The predicted octanol–water partition coefficient (Wildman–Crippen LogP) is 2.98. The average molecular weight is 207 g/mol. The number of carbonyl (C=O) groups is 1. The molecule has 0 saturated heterocycles. The highest BCUT2D eigenvalue weighted by molar-refractivity contribution is 5.75. The van der Waals surface area contributed by atoms with E-state index in [9.17, 15) is 4.79 Å². The van der Waals surface area contributed by atoms with Crippen molar-refractivity contribution in [2.75, 3.05) is 7.05 Å². The molecule has 0 fully saturated rings. The maximum Gasteiger partial charge on any atom is 0.220 e. The van der Waals surface area contributed by atoms with Crippen LogP contribution in [0, 0.1) is 0 Å². The van der Waals surface area contributed by atoms with Gasteiger partial charge in [0.05, 0.1) is 0 Å². The molecule has 0 atom stereocenters. The highest BCUT2D eigenvalue weighted by atomic mass is 16.1. The predicted molar refractivity (Wildman–Crippen MR) is 65.6 cm³/mol. The largest absolute Gasteiger partial charge is 0.359 e.